The van der Waals surface area contributed by atoms with Crippen molar-refractivity contribution in [3.8, 4) is 5.75 Å². The van der Waals surface area contributed by atoms with E-state index in [1.807, 2.05) is 25.1 Å². The van der Waals surface area contributed by atoms with E-state index in [4.69, 9.17) is 5.73 Å². The molecule has 66 valence electrons. The molecule has 0 fully saturated rings. The number of anilines is 1. The molecule has 0 amide bonds. The molecule has 0 saturated heterocycles. The number of nitrogen functional groups attached to an aromatic ring is 1. The predicted molar refractivity (Wildman–Crippen MR) is 54.8 cm³/mol. The Morgan fingerprint density at radius 3 is 2.62 bits per heavy atom. The third-order valence-corrected chi connectivity index (χ3v) is 2.30. The molecule has 13 heavy (non-hydrogen) atoms. The summed E-state index contributed by atoms with van der Waals surface area (Å²) in [7, 11) is 0. The van der Waals surface area contributed by atoms with Crippen molar-refractivity contribution in [3.05, 3.63) is 35.9 Å². The molecule has 2 aromatic carbocycles. The average molecular weight is 173 g/mol. The average Bonchev–Trinajstić information content (AvgIpc) is 2.12. The third-order valence-electron chi connectivity index (χ3n) is 2.30. The fraction of sp³-hybridized carbons (Fsp3) is 0.0909. The van der Waals surface area contributed by atoms with Crippen molar-refractivity contribution < 1.29 is 5.11 Å². The number of hydrogen-bond donors (Lipinski definition) is 2. The molecule has 0 aliphatic heterocycles. The van der Waals surface area contributed by atoms with Crippen LogP contribution in [0.4, 0.5) is 5.69 Å². The lowest BCUT2D eigenvalue weighted by atomic mass is 10.0. The van der Waals surface area contributed by atoms with Crippen molar-refractivity contribution in [1.29, 1.82) is 0 Å². The molecule has 2 aromatic rings. The Balaban J connectivity index is 2.94. The van der Waals surface area contributed by atoms with Gasteiger partial charge in [0.15, 0.2) is 0 Å². The van der Waals surface area contributed by atoms with E-state index in [0.717, 1.165) is 22.0 Å². The van der Waals surface area contributed by atoms with Gasteiger partial charge in [-0.1, -0.05) is 24.3 Å². The molecule has 0 atom stereocenters. The molecule has 0 aliphatic carbocycles. The maximum absolute atomic E-state index is 9.53. The highest BCUT2D eigenvalue weighted by molar-refractivity contribution is 5.97. The lowest BCUT2D eigenvalue weighted by molar-refractivity contribution is 0.481. The Labute approximate surface area is 76.6 Å². The number of fused-ring (bicyclic) bond motifs is 1. The summed E-state index contributed by atoms with van der Waals surface area (Å²) in [6.45, 7) is 1.96. The highest BCUT2D eigenvalue weighted by Gasteiger charge is 2.03. The first-order valence-corrected chi connectivity index (χ1v) is 4.17. The summed E-state index contributed by atoms with van der Waals surface area (Å²) in [6, 6.07) is 9.18. The summed E-state index contributed by atoms with van der Waals surface area (Å²) < 4.78 is 0. The highest BCUT2D eigenvalue weighted by atomic mass is 16.3. The second kappa shape index (κ2) is 2.66. The van der Waals surface area contributed by atoms with Crippen molar-refractivity contribution in [2.24, 2.45) is 0 Å². The van der Waals surface area contributed by atoms with Crippen LogP contribution in [-0.2, 0) is 0 Å². The van der Waals surface area contributed by atoms with Crippen molar-refractivity contribution in [1.82, 2.24) is 0 Å². The van der Waals surface area contributed by atoms with Crippen molar-refractivity contribution in [2.45, 2.75) is 6.92 Å². The summed E-state index contributed by atoms with van der Waals surface area (Å²) in [5, 5.41) is 11.3. The van der Waals surface area contributed by atoms with Gasteiger partial charge in [0.25, 0.3) is 0 Å². The van der Waals surface area contributed by atoms with E-state index in [9.17, 15) is 5.11 Å². The van der Waals surface area contributed by atoms with Gasteiger partial charge in [0.1, 0.15) is 5.75 Å². The van der Waals surface area contributed by atoms with E-state index in [-0.39, 0.29) is 5.75 Å². The first-order chi connectivity index (χ1) is 6.20. The Morgan fingerprint density at radius 2 is 1.85 bits per heavy atom. The highest BCUT2D eigenvalue weighted by Crippen LogP contribution is 2.30. The Kier molecular flexibility index (Phi) is 1.62. The van der Waals surface area contributed by atoms with Gasteiger partial charge in [-0.15, -0.1) is 0 Å². The molecule has 2 nitrogen and oxygen atoms in total. The van der Waals surface area contributed by atoms with Gasteiger partial charge in [-0.2, -0.15) is 0 Å². The zero-order valence-corrected chi connectivity index (χ0v) is 7.41. The number of phenols is 1. The van der Waals surface area contributed by atoms with Gasteiger partial charge in [0.2, 0.25) is 0 Å². The van der Waals surface area contributed by atoms with Crippen LogP contribution in [-0.4, -0.2) is 5.11 Å². The first kappa shape index (κ1) is 7.92. The molecule has 0 unspecified atom stereocenters. The van der Waals surface area contributed by atoms with Gasteiger partial charge in [-0.3, -0.25) is 0 Å². The Hall–Kier alpha value is -1.70. The molecule has 0 aliphatic rings. The standard InChI is InChI=1S/C11H11NO/c1-7-5-6-8-9(11(7)12)3-2-4-10(8)13/h2-6,13H,12H2,1H3. The number of phenolic OH excluding ortho intramolecular Hbond substituents is 1. The van der Waals surface area contributed by atoms with E-state index >= 15 is 0 Å². The number of hydrogen-bond acceptors (Lipinski definition) is 2. The van der Waals surface area contributed by atoms with Crippen LogP contribution in [0.5, 0.6) is 5.75 Å². The zero-order chi connectivity index (χ0) is 9.42. The molecule has 2 heteroatoms. The largest absolute Gasteiger partial charge is 0.507 e. The van der Waals surface area contributed by atoms with Crippen LogP contribution < -0.4 is 5.73 Å². The Bertz CT molecular complexity index is 463. The summed E-state index contributed by atoms with van der Waals surface area (Å²) >= 11 is 0. The minimum absolute atomic E-state index is 0.282. The minimum Gasteiger partial charge on any atom is -0.507 e. The fourth-order valence-corrected chi connectivity index (χ4v) is 1.47. The molecular weight excluding hydrogens is 162 g/mol. The molecule has 0 radical (unpaired) electrons. The molecule has 0 saturated carbocycles. The summed E-state index contributed by atoms with van der Waals surface area (Å²) in [5.74, 6) is 0.282. The van der Waals surface area contributed by atoms with Crippen LogP contribution in [0.1, 0.15) is 5.56 Å². The van der Waals surface area contributed by atoms with Crippen LogP contribution in [0.25, 0.3) is 10.8 Å². The quantitative estimate of drug-likeness (QED) is 0.601. The van der Waals surface area contributed by atoms with Crippen LogP contribution in [0.3, 0.4) is 0 Å². The van der Waals surface area contributed by atoms with Crippen molar-refractivity contribution in [3.63, 3.8) is 0 Å². The van der Waals surface area contributed by atoms with Gasteiger partial charge >= 0.3 is 0 Å². The van der Waals surface area contributed by atoms with Crippen molar-refractivity contribution >= 4 is 16.5 Å². The smallest absolute Gasteiger partial charge is 0.123 e. The molecule has 2 rings (SSSR count). The fourth-order valence-electron chi connectivity index (χ4n) is 1.47. The lowest BCUT2D eigenvalue weighted by Gasteiger charge is -2.06. The minimum atomic E-state index is 0.282. The van der Waals surface area contributed by atoms with E-state index in [1.54, 1.807) is 12.1 Å². The summed E-state index contributed by atoms with van der Waals surface area (Å²) in [4.78, 5) is 0. The van der Waals surface area contributed by atoms with E-state index < -0.39 is 0 Å². The van der Waals surface area contributed by atoms with Crippen LogP contribution in [0, 0.1) is 6.92 Å². The van der Waals surface area contributed by atoms with Gasteiger partial charge in [0.05, 0.1) is 0 Å². The maximum atomic E-state index is 9.53. The predicted octanol–water partition coefficient (Wildman–Crippen LogP) is 2.44. The number of aryl methyl sites for hydroxylation is 1. The number of aromatic hydroxyl groups is 1. The molecule has 0 bridgehead atoms. The molecule has 0 aromatic heterocycles. The molecule has 0 heterocycles. The second-order valence-corrected chi connectivity index (χ2v) is 3.17. The van der Waals surface area contributed by atoms with E-state index in [1.165, 1.54) is 0 Å². The lowest BCUT2D eigenvalue weighted by Crippen LogP contribution is -1.90. The monoisotopic (exact) mass is 173 g/mol. The van der Waals surface area contributed by atoms with Gasteiger partial charge < -0.3 is 10.8 Å². The Morgan fingerprint density at radius 1 is 1.08 bits per heavy atom. The third kappa shape index (κ3) is 1.11. The van der Waals surface area contributed by atoms with Crippen molar-refractivity contribution in [2.75, 3.05) is 5.73 Å². The van der Waals surface area contributed by atoms with Crippen LogP contribution >= 0.6 is 0 Å². The number of nitrogens with two attached hydrogens (primary N) is 1. The second-order valence-electron chi connectivity index (χ2n) is 3.17. The summed E-state index contributed by atoms with van der Waals surface area (Å²) in [6.07, 6.45) is 0. The van der Waals surface area contributed by atoms with E-state index in [0.29, 0.717) is 0 Å². The van der Waals surface area contributed by atoms with Crippen LogP contribution in [0.15, 0.2) is 30.3 Å². The molecule has 0 spiro atoms. The van der Waals surface area contributed by atoms with Gasteiger partial charge in [-0.05, 0) is 18.6 Å². The zero-order valence-electron chi connectivity index (χ0n) is 7.41. The van der Waals surface area contributed by atoms with E-state index in [2.05, 4.69) is 0 Å². The molecular formula is C11H11NO. The summed E-state index contributed by atoms with van der Waals surface area (Å²) in [5.41, 5.74) is 7.66. The first-order valence-electron chi connectivity index (χ1n) is 4.17. The topological polar surface area (TPSA) is 46.2 Å². The van der Waals surface area contributed by atoms with Gasteiger partial charge in [-0.25, -0.2) is 0 Å². The number of rotatable bonds is 0. The maximum Gasteiger partial charge on any atom is 0.123 e. The van der Waals surface area contributed by atoms with Crippen LogP contribution in [0.2, 0.25) is 0 Å². The normalized spacial score (nSPS) is 10.5. The number of benzene rings is 2. The SMILES string of the molecule is Cc1ccc2c(O)cccc2c1N. The molecule has 3 N–H and O–H groups in total. The van der Waals surface area contributed by atoms with Gasteiger partial charge in [0, 0.05) is 16.5 Å².